The SMILES string of the molecule is CSCCC(C)N(C)C(=O)N1CCCCC1C(=O)O. The fourth-order valence-corrected chi connectivity index (χ4v) is 2.87. The van der Waals surface area contributed by atoms with E-state index in [2.05, 4.69) is 0 Å². The molecule has 1 rings (SSSR count). The lowest BCUT2D eigenvalue weighted by Crippen LogP contribution is -2.54. The summed E-state index contributed by atoms with van der Waals surface area (Å²) in [5, 5.41) is 9.20. The molecular weight excluding hydrogens is 264 g/mol. The van der Waals surface area contributed by atoms with Crippen LogP contribution < -0.4 is 0 Å². The fourth-order valence-electron chi connectivity index (χ4n) is 2.29. The number of carboxylic acid groups (broad SMARTS) is 1. The average Bonchev–Trinajstić information content (AvgIpc) is 2.42. The van der Waals surface area contributed by atoms with Gasteiger partial charge in [0.25, 0.3) is 0 Å². The van der Waals surface area contributed by atoms with Crippen LogP contribution in [0.1, 0.15) is 32.6 Å². The predicted molar refractivity (Wildman–Crippen MR) is 77.6 cm³/mol. The highest BCUT2D eigenvalue weighted by atomic mass is 32.2. The van der Waals surface area contributed by atoms with Crippen LogP contribution in [0, 0.1) is 0 Å². The molecule has 1 N–H and O–H groups in total. The predicted octanol–water partition coefficient (Wildman–Crippen LogP) is 2.12. The van der Waals surface area contributed by atoms with E-state index in [-0.39, 0.29) is 12.1 Å². The first kappa shape index (κ1) is 16.1. The summed E-state index contributed by atoms with van der Waals surface area (Å²) >= 11 is 1.75. The maximum atomic E-state index is 12.4. The minimum absolute atomic E-state index is 0.135. The van der Waals surface area contributed by atoms with E-state index >= 15 is 0 Å². The quantitative estimate of drug-likeness (QED) is 0.842. The molecule has 2 atom stereocenters. The Bertz CT molecular complexity index is 325. The van der Waals surface area contributed by atoms with Crippen LogP contribution in [0.4, 0.5) is 4.79 Å². The van der Waals surface area contributed by atoms with Gasteiger partial charge in [-0.3, -0.25) is 0 Å². The van der Waals surface area contributed by atoms with Crippen LogP contribution in [-0.2, 0) is 4.79 Å². The summed E-state index contributed by atoms with van der Waals surface area (Å²) in [6.07, 6.45) is 5.30. The molecule has 0 aromatic carbocycles. The van der Waals surface area contributed by atoms with E-state index in [1.807, 2.05) is 13.2 Å². The van der Waals surface area contributed by atoms with Gasteiger partial charge >= 0.3 is 12.0 Å². The number of aliphatic carboxylic acids is 1. The number of nitrogens with zero attached hydrogens (tertiary/aromatic N) is 2. The van der Waals surface area contributed by atoms with Crippen LogP contribution in [-0.4, -0.2) is 64.6 Å². The molecule has 19 heavy (non-hydrogen) atoms. The van der Waals surface area contributed by atoms with Crippen molar-refractivity contribution in [3.05, 3.63) is 0 Å². The highest BCUT2D eigenvalue weighted by Gasteiger charge is 2.34. The van der Waals surface area contributed by atoms with Crippen molar-refractivity contribution >= 4 is 23.8 Å². The smallest absolute Gasteiger partial charge is 0.326 e. The lowest BCUT2D eigenvalue weighted by Gasteiger charge is -2.37. The number of carboxylic acids is 1. The van der Waals surface area contributed by atoms with Crippen molar-refractivity contribution in [3.63, 3.8) is 0 Å². The van der Waals surface area contributed by atoms with Crippen LogP contribution in [0.25, 0.3) is 0 Å². The first-order valence-corrected chi connectivity index (χ1v) is 8.13. The third-order valence-electron chi connectivity index (χ3n) is 3.74. The number of carbonyl (C=O) groups excluding carboxylic acids is 1. The van der Waals surface area contributed by atoms with Crippen molar-refractivity contribution in [2.75, 3.05) is 25.6 Å². The van der Waals surface area contributed by atoms with Gasteiger partial charge in [0.05, 0.1) is 0 Å². The summed E-state index contributed by atoms with van der Waals surface area (Å²) in [4.78, 5) is 26.8. The second-order valence-electron chi connectivity index (χ2n) is 5.07. The number of amides is 2. The van der Waals surface area contributed by atoms with Gasteiger partial charge in [0.2, 0.25) is 0 Å². The number of piperidine rings is 1. The zero-order valence-corrected chi connectivity index (χ0v) is 12.8. The Hall–Kier alpha value is -0.910. The largest absolute Gasteiger partial charge is 0.480 e. The van der Waals surface area contributed by atoms with Gasteiger partial charge in [0, 0.05) is 19.6 Å². The Morgan fingerprint density at radius 3 is 2.74 bits per heavy atom. The molecule has 1 heterocycles. The summed E-state index contributed by atoms with van der Waals surface area (Å²) in [6.45, 7) is 2.56. The Balaban J connectivity index is 2.65. The Labute approximate surface area is 119 Å². The number of urea groups is 1. The molecule has 1 saturated heterocycles. The van der Waals surface area contributed by atoms with Crippen molar-refractivity contribution in [1.29, 1.82) is 0 Å². The number of hydrogen-bond donors (Lipinski definition) is 1. The molecule has 1 aliphatic heterocycles. The zero-order valence-electron chi connectivity index (χ0n) is 12.0. The second kappa shape index (κ2) is 7.62. The first-order valence-electron chi connectivity index (χ1n) is 6.74. The lowest BCUT2D eigenvalue weighted by atomic mass is 10.0. The van der Waals surface area contributed by atoms with Gasteiger partial charge in [-0.05, 0) is 44.6 Å². The maximum Gasteiger partial charge on any atom is 0.326 e. The normalized spacial score (nSPS) is 21.0. The van der Waals surface area contributed by atoms with Crippen LogP contribution in [0.5, 0.6) is 0 Å². The zero-order chi connectivity index (χ0) is 14.4. The number of hydrogen-bond acceptors (Lipinski definition) is 3. The minimum Gasteiger partial charge on any atom is -0.480 e. The van der Waals surface area contributed by atoms with E-state index in [1.165, 1.54) is 4.90 Å². The molecule has 5 nitrogen and oxygen atoms in total. The number of carbonyl (C=O) groups is 2. The third kappa shape index (κ3) is 4.30. The van der Waals surface area contributed by atoms with Crippen LogP contribution in [0.3, 0.4) is 0 Å². The standard InChI is InChI=1S/C13H24N2O3S/c1-10(7-9-19-3)14(2)13(18)15-8-5-4-6-11(15)12(16)17/h10-11H,4-9H2,1-3H3,(H,16,17). The van der Waals surface area contributed by atoms with Crippen molar-refractivity contribution in [1.82, 2.24) is 9.80 Å². The highest BCUT2D eigenvalue weighted by Crippen LogP contribution is 2.20. The Morgan fingerprint density at radius 2 is 2.16 bits per heavy atom. The van der Waals surface area contributed by atoms with E-state index in [1.54, 1.807) is 23.7 Å². The minimum atomic E-state index is -0.891. The van der Waals surface area contributed by atoms with Gasteiger partial charge < -0.3 is 14.9 Å². The van der Waals surface area contributed by atoms with Crippen molar-refractivity contribution in [2.24, 2.45) is 0 Å². The number of likely N-dealkylation sites (tertiary alicyclic amines) is 1. The molecule has 0 spiro atoms. The van der Waals surface area contributed by atoms with Gasteiger partial charge in [0.1, 0.15) is 6.04 Å². The van der Waals surface area contributed by atoms with Gasteiger partial charge in [-0.25, -0.2) is 9.59 Å². The molecule has 0 aromatic heterocycles. The molecule has 2 amide bonds. The number of thioether (sulfide) groups is 1. The Kier molecular flexibility index (Phi) is 6.48. The number of rotatable bonds is 5. The van der Waals surface area contributed by atoms with E-state index in [0.29, 0.717) is 13.0 Å². The van der Waals surface area contributed by atoms with Gasteiger partial charge in [-0.1, -0.05) is 0 Å². The molecular formula is C13H24N2O3S. The van der Waals surface area contributed by atoms with Gasteiger partial charge in [-0.15, -0.1) is 0 Å². The summed E-state index contributed by atoms with van der Waals surface area (Å²) in [5.41, 5.74) is 0. The van der Waals surface area contributed by atoms with Crippen molar-refractivity contribution < 1.29 is 14.7 Å². The topological polar surface area (TPSA) is 60.9 Å². The molecule has 110 valence electrons. The van der Waals surface area contributed by atoms with E-state index < -0.39 is 12.0 Å². The molecule has 0 aromatic rings. The lowest BCUT2D eigenvalue weighted by molar-refractivity contribution is -0.143. The van der Waals surface area contributed by atoms with E-state index in [9.17, 15) is 14.7 Å². The Morgan fingerprint density at radius 1 is 1.47 bits per heavy atom. The molecule has 6 heteroatoms. The summed E-state index contributed by atoms with van der Waals surface area (Å²) in [5.74, 6) is 0.111. The van der Waals surface area contributed by atoms with Gasteiger partial charge in [0.15, 0.2) is 0 Å². The molecule has 0 radical (unpaired) electrons. The third-order valence-corrected chi connectivity index (χ3v) is 4.38. The van der Waals surface area contributed by atoms with Gasteiger partial charge in [-0.2, -0.15) is 11.8 Å². The molecule has 0 saturated carbocycles. The first-order chi connectivity index (χ1) is 8.99. The molecule has 0 bridgehead atoms. The van der Waals surface area contributed by atoms with Crippen LogP contribution in [0.15, 0.2) is 0 Å². The summed E-state index contributed by atoms with van der Waals surface area (Å²) in [7, 11) is 1.76. The molecule has 2 unspecified atom stereocenters. The van der Waals surface area contributed by atoms with Crippen molar-refractivity contribution in [2.45, 2.75) is 44.7 Å². The summed E-state index contributed by atoms with van der Waals surface area (Å²) < 4.78 is 0. The van der Waals surface area contributed by atoms with E-state index in [4.69, 9.17) is 0 Å². The van der Waals surface area contributed by atoms with E-state index in [0.717, 1.165) is 25.0 Å². The highest BCUT2D eigenvalue weighted by molar-refractivity contribution is 7.98. The maximum absolute atomic E-state index is 12.4. The molecule has 1 aliphatic rings. The molecule has 0 aliphatic carbocycles. The second-order valence-corrected chi connectivity index (χ2v) is 6.05. The summed E-state index contributed by atoms with van der Waals surface area (Å²) in [6, 6.07) is -0.673. The average molecular weight is 288 g/mol. The molecule has 1 fully saturated rings. The van der Waals surface area contributed by atoms with Crippen LogP contribution >= 0.6 is 11.8 Å². The van der Waals surface area contributed by atoms with Crippen molar-refractivity contribution in [3.8, 4) is 0 Å². The van der Waals surface area contributed by atoms with Crippen LogP contribution in [0.2, 0.25) is 0 Å². The fraction of sp³-hybridized carbons (Fsp3) is 0.846. The monoisotopic (exact) mass is 288 g/mol.